The summed E-state index contributed by atoms with van der Waals surface area (Å²) in [6.07, 6.45) is 0. The Bertz CT molecular complexity index is 3200. The topological polar surface area (TPSA) is 38.7 Å². The summed E-state index contributed by atoms with van der Waals surface area (Å²) in [4.78, 5) is 15.7. The third kappa shape index (κ3) is 5.98. The van der Waals surface area contributed by atoms with E-state index in [0.29, 0.717) is 17.5 Å². The Labute approximate surface area is 336 Å². The van der Waals surface area contributed by atoms with E-state index in [1.165, 1.54) is 43.1 Å². The Morgan fingerprint density at radius 2 is 0.569 bits per heavy atom. The average Bonchev–Trinajstić information content (AvgIpc) is 3.31. The van der Waals surface area contributed by atoms with Gasteiger partial charge in [-0.15, -0.1) is 0 Å². The number of aromatic nitrogens is 3. The predicted molar refractivity (Wildman–Crippen MR) is 242 cm³/mol. The van der Waals surface area contributed by atoms with Crippen molar-refractivity contribution >= 4 is 43.1 Å². The SMILES string of the molecule is c1ccc(-c2cccc(-c3nc(-c4ccccc4)nc(-c4cc(-c5cc6ccccc6c6ccccc56)cc(-c5cc6ccccc6c6ccccc56)c4)n3)c2)cc1. The smallest absolute Gasteiger partial charge is 0.164 e. The lowest BCUT2D eigenvalue weighted by Gasteiger charge is -2.16. The molecule has 0 saturated heterocycles. The second kappa shape index (κ2) is 14.1. The van der Waals surface area contributed by atoms with Crippen LogP contribution in [-0.4, -0.2) is 15.0 Å². The van der Waals surface area contributed by atoms with Gasteiger partial charge in [-0.25, -0.2) is 15.0 Å². The van der Waals surface area contributed by atoms with Gasteiger partial charge in [-0.05, 0) is 113 Å². The third-order valence-corrected chi connectivity index (χ3v) is 11.2. The fraction of sp³-hybridized carbons (Fsp3) is 0. The molecule has 0 saturated carbocycles. The molecule has 3 nitrogen and oxygen atoms in total. The van der Waals surface area contributed by atoms with Gasteiger partial charge in [0.05, 0.1) is 0 Å². The van der Waals surface area contributed by atoms with E-state index in [1.807, 2.05) is 24.3 Å². The molecule has 0 fully saturated rings. The molecule has 0 N–H and O–H groups in total. The summed E-state index contributed by atoms with van der Waals surface area (Å²) >= 11 is 0. The largest absolute Gasteiger partial charge is 0.208 e. The molecule has 0 radical (unpaired) electrons. The second-order valence-electron chi connectivity index (χ2n) is 14.8. The van der Waals surface area contributed by atoms with E-state index in [4.69, 9.17) is 15.0 Å². The van der Waals surface area contributed by atoms with E-state index >= 15 is 0 Å². The highest BCUT2D eigenvalue weighted by Gasteiger charge is 2.18. The maximum atomic E-state index is 5.31. The van der Waals surface area contributed by atoms with E-state index < -0.39 is 0 Å². The molecule has 10 aromatic carbocycles. The van der Waals surface area contributed by atoms with Gasteiger partial charge in [-0.1, -0.05) is 176 Å². The van der Waals surface area contributed by atoms with Crippen molar-refractivity contribution in [2.45, 2.75) is 0 Å². The molecule has 0 aliphatic carbocycles. The molecule has 3 heteroatoms. The van der Waals surface area contributed by atoms with Crippen LogP contribution in [0.4, 0.5) is 0 Å². The number of benzene rings is 10. The first-order chi connectivity index (χ1) is 28.7. The van der Waals surface area contributed by atoms with Crippen molar-refractivity contribution in [1.82, 2.24) is 15.0 Å². The molecule has 1 heterocycles. The van der Waals surface area contributed by atoms with Crippen LogP contribution in [0.15, 0.2) is 212 Å². The zero-order chi connectivity index (χ0) is 38.4. The van der Waals surface area contributed by atoms with E-state index in [0.717, 1.165) is 50.1 Å². The van der Waals surface area contributed by atoms with Gasteiger partial charge in [-0.2, -0.15) is 0 Å². The third-order valence-electron chi connectivity index (χ3n) is 11.2. The van der Waals surface area contributed by atoms with Gasteiger partial charge >= 0.3 is 0 Å². The molecular formula is C55H35N3. The first kappa shape index (κ1) is 33.6. The van der Waals surface area contributed by atoms with Crippen LogP contribution < -0.4 is 0 Å². The van der Waals surface area contributed by atoms with Gasteiger partial charge in [0.2, 0.25) is 0 Å². The maximum Gasteiger partial charge on any atom is 0.164 e. The Hall–Kier alpha value is -7.75. The van der Waals surface area contributed by atoms with Crippen LogP contribution in [0.2, 0.25) is 0 Å². The Morgan fingerprint density at radius 3 is 1.12 bits per heavy atom. The first-order valence-corrected chi connectivity index (χ1v) is 19.7. The fourth-order valence-corrected chi connectivity index (χ4v) is 8.47. The number of fused-ring (bicyclic) bond motifs is 6. The van der Waals surface area contributed by atoms with Gasteiger partial charge in [0.25, 0.3) is 0 Å². The van der Waals surface area contributed by atoms with Gasteiger partial charge in [-0.3, -0.25) is 0 Å². The van der Waals surface area contributed by atoms with Crippen LogP contribution in [0, 0.1) is 0 Å². The highest BCUT2D eigenvalue weighted by Crippen LogP contribution is 2.42. The summed E-state index contributed by atoms with van der Waals surface area (Å²) in [6, 6.07) is 75.5. The van der Waals surface area contributed by atoms with Crippen molar-refractivity contribution in [2.75, 3.05) is 0 Å². The molecule has 0 aliphatic heterocycles. The number of rotatable bonds is 6. The molecule has 11 aromatic rings. The molecule has 270 valence electrons. The molecule has 1 aromatic heterocycles. The highest BCUT2D eigenvalue weighted by atomic mass is 15.0. The normalized spacial score (nSPS) is 11.4. The second-order valence-corrected chi connectivity index (χ2v) is 14.8. The van der Waals surface area contributed by atoms with Crippen molar-refractivity contribution < 1.29 is 0 Å². The molecule has 0 unspecified atom stereocenters. The summed E-state index contributed by atoms with van der Waals surface area (Å²) in [7, 11) is 0. The van der Waals surface area contributed by atoms with Crippen LogP contribution >= 0.6 is 0 Å². The average molecular weight is 738 g/mol. The van der Waals surface area contributed by atoms with Crippen LogP contribution in [0.5, 0.6) is 0 Å². The zero-order valence-corrected chi connectivity index (χ0v) is 31.5. The Kier molecular flexibility index (Phi) is 8.15. The van der Waals surface area contributed by atoms with Crippen LogP contribution in [0.1, 0.15) is 0 Å². The summed E-state index contributed by atoms with van der Waals surface area (Å²) in [5, 5.41) is 9.74. The highest BCUT2D eigenvalue weighted by molar-refractivity contribution is 6.16. The van der Waals surface area contributed by atoms with Crippen molar-refractivity contribution in [3.05, 3.63) is 212 Å². The van der Waals surface area contributed by atoms with E-state index in [2.05, 4.69) is 188 Å². The van der Waals surface area contributed by atoms with Gasteiger partial charge in [0.15, 0.2) is 17.5 Å². The number of hydrogen-bond acceptors (Lipinski definition) is 3. The molecule has 11 rings (SSSR count). The van der Waals surface area contributed by atoms with Crippen LogP contribution in [0.25, 0.3) is 111 Å². The van der Waals surface area contributed by atoms with Crippen molar-refractivity contribution in [1.29, 1.82) is 0 Å². The van der Waals surface area contributed by atoms with E-state index in [9.17, 15) is 0 Å². The Balaban J connectivity index is 1.20. The molecule has 0 aliphatic rings. The van der Waals surface area contributed by atoms with Crippen molar-refractivity contribution in [3.63, 3.8) is 0 Å². The van der Waals surface area contributed by atoms with Gasteiger partial charge in [0.1, 0.15) is 0 Å². The lowest BCUT2D eigenvalue weighted by molar-refractivity contribution is 1.07. The summed E-state index contributed by atoms with van der Waals surface area (Å²) in [5.41, 5.74) is 9.56. The number of nitrogens with zero attached hydrogens (tertiary/aromatic N) is 3. The predicted octanol–water partition coefficient (Wildman–Crippen LogP) is 14.5. The lowest BCUT2D eigenvalue weighted by atomic mass is 9.88. The van der Waals surface area contributed by atoms with Crippen LogP contribution in [-0.2, 0) is 0 Å². The molecule has 0 bridgehead atoms. The van der Waals surface area contributed by atoms with Gasteiger partial charge < -0.3 is 0 Å². The Morgan fingerprint density at radius 1 is 0.207 bits per heavy atom. The minimum absolute atomic E-state index is 0.618. The quantitative estimate of drug-likeness (QED) is 0.160. The summed E-state index contributed by atoms with van der Waals surface area (Å²) in [5.74, 6) is 1.87. The minimum Gasteiger partial charge on any atom is -0.208 e. The van der Waals surface area contributed by atoms with Crippen LogP contribution in [0.3, 0.4) is 0 Å². The van der Waals surface area contributed by atoms with E-state index in [-0.39, 0.29) is 0 Å². The molecular weight excluding hydrogens is 703 g/mol. The molecule has 58 heavy (non-hydrogen) atoms. The first-order valence-electron chi connectivity index (χ1n) is 19.7. The summed E-state index contributed by atoms with van der Waals surface area (Å²) < 4.78 is 0. The monoisotopic (exact) mass is 737 g/mol. The fourth-order valence-electron chi connectivity index (χ4n) is 8.47. The van der Waals surface area contributed by atoms with Crippen molar-refractivity contribution in [3.8, 4) is 67.5 Å². The molecule has 0 amide bonds. The van der Waals surface area contributed by atoms with Crippen molar-refractivity contribution in [2.24, 2.45) is 0 Å². The number of hydrogen-bond donors (Lipinski definition) is 0. The standard InChI is InChI=1S/C55H35N3/c1-3-16-36(17-4-1)38-22-15-23-41(30-38)54-56-53(37-18-5-2-6-19-37)57-55(58-54)44-32-42(51-34-39-20-7-9-24-45(39)47-26-11-13-28-49(47)51)31-43(33-44)52-35-40-21-8-10-25-46(40)48-27-12-14-29-50(48)52/h1-35H. The van der Waals surface area contributed by atoms with E-state index in [1.54, 1.807) is 0 Å². The minimum atomic E-state index is 0.618. The lowest BCUT2D eigenvalue weighted by Crippen LogP contribution is -2.01. The molecule has 0 spiro atoms. The zero-order valence-electron chi connectivity index (χ0n) is 31.5. The molecule has 0 atom stereocenters. The summed E-state index contributed by atoms with van der Waals surface area (Å²) in [6.45, 7) is 0. The maximum absolute atomic E-state index is 5.31. The van der Waals surface area contributed by atoms with Gasteiger partial charge in [0, 0.05) is 16.7 Å².